The number of anilines is 1. The number of esters is 1. The number of rotatable bonds is 4. The highest BCUT2D eigenvalue weighted by Crippen LogP contribution is 2.26. The SMILES string of the molecule is COC(=O)c1cc(CBr)c(CBr)cc1NC(=O)OC(C)(C)C. The van der Waals surface area contributed by atoms with E-state index in [1.807, 2.05) is 0 Å². The van der Waals surface area contributed by atoms with Crippen LogP contribution in [0.15, 0.2) is 12.1 Å². The molecule has 1 aromatic carbocycles. The van der Waals surface area contributed by atoms with E-state index < -0.39 is 17.7 Å². The van der Waals surface area contributed by atoms with E-state index in [0.717, 1.165) is 11.1 Å². The smallest absolute Gasteiger partial charge is 0.412 e. The first kappa shape index (κ1) is 19.0. The molecule has 0 radical (unpaired) electrons. The number of carbonyl (C=O) groups is 2. The molecule has 0 saturated carbocycles. The second kappa shape index (κ2) is 7.97. The average molecular weight is 437 g/mol. The van der Waals surface area contributed by atoms with Gasteiger partial charge in [-0.05, 0) is 44.0 Å². The van der Waals surface area contributed by atoms with Crippen LogP contribution in [0.25, 0.3) is 0 Å². The molecule has 0 aromatic heterocycles. The zero-order valence-electron chi connectivity index (χ0n) is 13.0. The van der Waals surface area contributed by atoms with Crippen molar-refractivity contribution < 1.29 is 19.1 Å². The van der Waals surface area contributed by atoms with Crippen molar-refractivity contribution in [2.75, 3.05) is 12.4 Å². The Morgan fingerprint density at radius 2 is 1.68 bits per heavy atom. The van der Waals surface area contributed by atoms with Gasteiger partial charge in [-0.25, -0.2) is 9.59 Å². The van der Waals surface area contributed by atoms with Gasteiger partial charge in [-0.2, -0.15) is 0 Å². The molecule has 0 unspecified atom stereocenters. The molecule has 0 aliphatic rings. The van der Waals surface area contributed by atoms with E-state index >= 15 is 0 Å². The van der Waals surface area contributed by atoms with Gasteiger partial charge in [0, 0.05) is 10.7 Å². The van der Waals surface area contributed by atoms with E-state index in [1.165, 1.54) is 7.11 Å². The third kappa shape index (κ3) is 5.28. The molecule has 0 atom stereocenters. The van der Waals surface area contributed by atoms with Crippen LogP contribution in [-0.2, 0) is 20.1 Å². The van der Waals surface area contributed by atoms with Gasteiger partial charge < -0.3 is 9.47 Å². The molecule has 0 spiro atoms. The van der Waals surface area contributed by atoms with Gasteiger partial charge in [0.15, 0.2) is 0 Å². The van der Waals surface area contributed by atoms with Crippen molar-refractivity contribution in [3.05, 3.63) is 28.8 Å². The molecule has 5 nitrogen and oxygen atoms in total. The minimum atomic E-state index is -0.621. The Labute approximate surface area is 147 Å². The lowest BCUT2D eigenvalue weighted by Crippen LogP contribution is -2.28. The fraction of sp³-hybridized carbons (Fsp3) is 0.467. The number of halogens is 2. The summed E-state index contributed by atoms with van der Waals surface area (Å²) < 4.78 is 9.99. The minimum absolute atomic E-state index is 0.285. The molecule has 0 aliphatic heterocycles. The lowest BCUT2D eigenvalue weighted by molar-refractivity contribution is 0.0601. The van der Waals surface area contributed by atoms with Crippen LogP contribution in [0, 0.1) is 0 Å². The van der Waals surface area contributed by atoms with Gasteiger partial charge in [0.1, 0.15) is 5.60 Å². The molecule has 1 N–H and O–H groups in total. The minimum Gasteiger partial charge on any atom is -0.465 e. The molecule has 0 saturated heterocycles. The normalized spacial score (nSPS) is 11.0. The number of nitrogens with one attached hydrogen (secondary N) is 1. The standard InChI is InChI=1S/C15H19Br2NO4/c1-15(2,3)22-14(20)18-12-6-10(8-17)9(7-16)5-11(12)13(19)21-4/h5-6H,7-8H2,1-4H3,(H,18,20). The van der Waals surface area contributed by atoms with Crippen LogP contribution in [0.1, 0.15) is 42.3 Å². The molecule has 122 valence electrons. The Kier molecular flexibility index (Phi) is 6.87. The Hall–Kier alpha value is -1.08. The molecular weight excluding hydrogens is 418 g/mol. The summed E-state index contributed by atoms with van der Waals surface area (Å²) in [6, 6.07) is 3.44. The van der Waals surface area contributed by atoms with Crippen molar-refractivity contribution >= 4 is 49.6 Å². The Morgan fingerprint density at radius 1 is 1.14 bits per heavy atom. The third-order valence-corrected chi connectivity index (χ3v) is 3.88. The van der Waals surface area contributed by atoms with Crippen LogP contribution < -0.4 is 5.32 Å². The first-order valence-electron chi connectivity index (χ1n) is 6.58. The van der Waals surface area contributed by atoms with Crippen LogP contribution in [0.2, 0.25) is 0 Å². The van der Waals surface area contributed by atoms with Gasteiger partial charge >= 0.3 is 12.1 Å². The van der Waals surface area contributed by atoms with Crippen LogP contribution in [0.4, 0.5) is 10.5 Å². The molecular formula is C15H19Br2NO4. The van der Waals surface area contributed by atoms with E-state index in [2.05, 4.69) is 37.2 Å². The topological polar surface area (TPSA) is 64.6 Å². The molecule has 1 aromatic rings. The van der Waals surface area contributed by atoms with Gasteiger partial charge in [-0.1, -0.05) is 31.9 Å². The quantitative estimate of drug-likeness (QED) is 0.552. The predicted octanol–water partition coefficient (Wildman–Crippen LogP) is 4.61. The summed E-state index contributed by atoms with van der Waals surface area (Å²) in [5.41, 5.74) is 1.92. The van der Waals surface area contributed by atoms with Crippen molar-refractivity contribution in [1.29, 1.82) is 0 Å². The number of carbonyl (C=O) groups excluding carboxylic acids is 2. The van der Waals surface area contributed by atoms with Gasteiger partial charge in [-0.3, -0.25) is 5.32 Å². The molecule has 0 bridgehead atoms. The van der Waals surface area contributed by atoms with E-state index in [0.29, 0.717) is 16.3 Å². The largest absolute Gasteiger partial charge is 0.465 e. The Morgan fingerprint density at radius 3 is 2.14 bits per heavy atom. The third-order valence-electron chi connectivity index (χ3n) is 2.67. The molecule has 7 heteroatoms. The summed E-state index contributed by atoms with van der Waals surface area (Å²) in [5, 5.41) is 3.79. The summed E-state index contributed by atoms with van der Waals surface area (Å²) in [6.07, 6.45) is -0.621. The fourth-order valence-corrected chi connectivity index (χ4v) is 2.78. The van der Waals surface area contributed by atoms with Crippen molar-refractivity contribution in [1.82, 2.24) is 0 Å². The highest BCUT2D eigenvalue weighted by molar-refractivity contribution is 9.09. The molecule has 1 rings (SSSR count). The van der Waals surface area contributed by atoms with E-state index in [-0.39, 0.29) is 5.56 Å². The highest BCUT2D eigenvalue weighted by atomic mass is 79.9. The second-order valence-corrected chi connectivity index (χ2v) is 6.67. The number of hydrogen-bond donors (Lipinski definition) is 1. The molecule has 0 fully saturated rings. The summed E-state index contributed by atoms with van der Waals surface area (Å²) in [7, 11) is 1.30. The lowest BCUT2D eigenvalue weighted by Gasteiger charge is -2.21. The number of benzene rings is 1. The Balaban J connectivity index is 3.20. The fourth-order valence-electron chi connectivity index (χ4n) is 1.73. The molecule has 0 heterocycles. The highest BCUT2D eigenvalue weighted by Gasteiger charge is 2.21. The zero-order chi connectivity index (χ0) is 16.9. The number of ether oxygens (including phenoxy) is 2. The number of alkyl halides is 2. The molecule has 0 aliphatic carbocycles. The van der Waals surface area contributed by atoms with E-state index in [1.54, 1.807) is 32.9 Å². The van der Waals surface area contributed by atoms with Gasteiger partial charge in [-0.15, -0.1) is 0 Å². The summed E-state index contributed by atoms with van der Waals surface area (Å²) in [4.78, 5) is 23.9. The van der Waals surface area contributed by atoms with Crippen LogP contribution >= 0.6 is 31.9 Å². The number of amides is 1. The maximum absolute atomic E-state index is 11.9. The van der Waals surface area contributed by atoms with Crippen molar-refractivity contribution in [2.45, 2.75) is 37.0 Å². The molecule has 22 heavy (non-hydrogen) atoms. The number of methoxy groups -OCH3 is 1. The lowest BCUT2D eigenvalue weighted by atomic mass is 10.0. The van der Waals surface area contributed by atoms with Crippen molar-refractivity contribution in [2.24, 2.45) is 0 Å². The van der Waals surface area contributed by atoms with E-state index in [9.17, 15) is 9.59 Å². The first-order chi connectivity index (χ1) is 10.2. The summed E-state index contributed by atoms with van der Waals surface area (Å²) in [5.74, 6) is -0.519. The molecule has 1 amide bonds. The van der Waals surface area contributed by atoms with Crippen LogP contribution in [0.5, 0.6) is 0 Å². The maximum atomic E-state index is 11.9. The van der Waals surface area contributed by atoms with Crippen LogP contribution in [-0.4, -0.2) is 24.8 Å². The first-order valence-corrected chi connectivity index (χ1v) is 8.82. The summed E-state index contributed by atoms with van der Waals surface area (Å²) in [6.45, 7) is 5.31. The van der Waals surface area contributed by atoms with Gasteiger partial charge in [0.05, 0.1) is 18.4 Å². The maximum Gasteiger partial charge on any atom is 0.412 e. The Bertz CT molecular complexity index is 567. The van der Waals surface area contributed by atoms with Crippen LogP contribution in [0.3, 0.4) is 0 Å². The van der Waals surface area contributed by atoms with E-state index in [4.69, 9.17) is 9.47 Å². The second-order valence-electron chi connectivity index (χ2n) is 5.55. The zero-order valence-corrected chi connectivity index (χ0v) is 16.1. The van der Waals surface area contributed by atoms with Gasteiger partial charge in [0.2, 0.25) is 0 Å². The average Bonchev–Trinajstić information content (AvgIpc) is 2.43. The summed E-state index contributed by atoms with van der Waals surface area (Å²) >= 11 is 6.78. The van der Waals surface area contributed by atoms with Gasteiger partial charge in [0.25, 0.3) is 0 Å². The monoisotopic (exact) mass is 435 g/mol. The predicted molar refractivity (Wildman–Crippen MR) is 92.9 cm³/mol. The number of hydrogen-bond acceptors (Lipinski definition) is 4. The van der Waals surface area contributed by atoms with Crippen molar-refractivity contribution in [3.8, 4) is 0 Å². The van der Waals surface area contributed by atoms with Crippen molar-refractivity contribution in [3.63, 3.8) is 0 Å².